The van der Waals surface area contributed by atoms with Gasteiger partial charge in [0.25, 0.3) is 5.91 Å². The zero-order chi connectivity index (χ0) is 13.9. The molecule has 1 aliphatic heterocycles. The second-order valence-corrected chi connectivity index (χ2v) is 5.60. The molecule has 1 aromatic heterocycles. The Balaban J connectivity index is 1.92. The van der Waals surface area contributed by atoms with E-state index in [2.05, 4.69) is 4.98 Å². The molecule has 0 spiro atoms. The zero-order valence-electron chi connectivity index (χ0n) is 11.3. The number of amides is 1. The zero-order valence-corrected chi connectivity index (χ0v) is 12.0. The third-order valence-electron chi connectivity index (χ3n) is 3.90. The first kappa shape index (κ1) is 13.4. The summed E-state index contributed by atoms with van der Waals surface area (Å²) in [5.41, 5.74) is 0.554. The molecule has 1 atom stereocenters. The van der Waals surface area contributed by atoms with Gasteiger partial charge < -0.3 is 4.90 Å². The molecule has 2 aromatic rings. The predicted molar refractivity (Wildman–Crippen MR) is 81.1 cm³/mol. The SMILES string of the molecule is O=C(c1nccc2ccccc12)N1CCCC(CCl)C1. The molecular formula is C16H17ClN2O. The summed E-state index contributed by atoms with van der Waals surface area (Å²) in [4.78, 5) is 18.9. The fourth-order valence-electron chi connectivity index (χ4n) is 2.82. The highest BCUT2D eigenvalue weighted by molar-refractivity contribution is 6.18. The van der Waals surface area contributed by atoms with Gasteiger partial charge in [0.1, 0.15) is 5.69 Å². The van der Waals surface area contributed by atoms with Crippen molar-refractivity contribution in [2.24, 2.45) is 5.92 Å². The van der Waals surface area contributed by atoms with Crippen LogP contribution in [0.5, 0.6) is 0 Å². The van der Waals surface area contributed by atoms with Crippen molar-refractivity contribution in [1.82, 2.24) is 9.88 Å². The molecule has 4 heteroatoms. The summed E-state index contributed by atoms with van der Waals surface area (Å²) < 4.78 is 0. The molecule has 0 aliphatic carbocycles. The van der Waals surface area contributed by atoms with Crippen LogP contribution in [0.25, 0.3) is 10.8 Å². The molecule has 20 heavy (non-hydrogen) atoms. The van der Waals surface area contributed by atoms with E-state index in [0.717, 1.165) is 36.7 Å². The van der Waals surface area contributed by atoms with E-state index in [-0.39, 0.29) is 5.91 Å². The molecule has 0 saturated carbocycles. The number of carbonyl (C=O) groups is 1. The Morgan fingerprint density at radius 1 is 1.35 bits per heavy atom. The maximum Gasteiger partial charge on any atom is 0.273 e. The lowest BCUT2D eigenvalue weighted by Gasteiger charge is -2.31. The summed E-state index contributed by atoms with van der Waals surface area (Å²) in [6.07, 6.45) is 3.84. The number of hydrogen-bond donors (Lipinski definition) is 0. The summed E-state index contributed by atoms with van der Waals surface area (Å²) in [5.74, 6) is 1.05. The van der Waals surface area contributed by atoms with E-state index in [0.29, 0.717) is 17.5 Å². The number of benzene rings is 1. The van der Waals surface area contributed by atoms with E-state index in [4.69, 9.17) is 11.6 Å². The van der Waals surface area contributed by atoms with Gasteiger partial charge in [-0.3, -0.25) is 9.78 Å². The van der Waals surface area contributed by atoms with Gasteiger partial charge in [-0.2, -0.15) is 0 Å². The second-order valence-electron chi connectivity index (χ2n) is 5.29. The van der Waals surface area contributed by atoms with Gasteiger partial charge in [-0.25, -0.2) is 0 Å². The molecule has 0 radical (unpaired) electrons. The van der Waals surface area contributed by atoms with Gasteiger partial charge >= 0.3 is 0 Å². The van der Waals surface area contributed by atoms with Crippen molar-refractivity contribution in [3.05, 3.63) is 42.2 Å². The van der Waals surface area contributed by atoms with E-state index in [1.807, 2.05) is 35.2 Å². The summed E-state index contributed by atoms with van der Waals surface area (Å²) in [5, 5.41) is 1.98. The summed E-state index contributed by atoms with van der Waals surface area (Å²) in [6.45, 7) is 1.55. The lowest BCUT2D eigenvalue weighted by Crippen LogP contribution is -2.40. The third kappa shape index (κ3) is 2.50. The number of halogens is 1. The Morgan fingerprint density at radius 3 is 3.05 bits per heavy atom. The first-order valence-electron chi connectivity index (χ1n) is 6.98. The molecule has 1 fully saturated rings. The third-order valence-corrected chi connectivity index (χ3v) is 4.34. The minimum absolute atomic E-state index is 0.0246. The first-order chi connectivity index (χ1) is 9.79. The van der Waals surface area contributed by atoms with Gasteiger partial charge in [0, 0.05) is 30.6 Å². The summed E-state index contributed by atoms with van der Waals surface area (Å²) in [7, 11) is 0. The molecule has 1 amide bonds. The lowest BCUT2D eigenvalue weighted by molar-refractivity contribution is 0.0681. The number of piperidine rings is 1. The van der Waals surface area contributed by atoms with Gasteiger partial charge in [0.15, 0.2) is 0 Å². The van der Waals surface area contributed by atoms with Crippen LogP contribution < -0.4 is 0 Å². The molecule has 104 valence electrons. The van der Waals surface area contributed by atoms with Crippen molar-refractivity contribution < 1.29 is 4.79 Å². The normalized spacial score (nSPS) is 19.2. The number of hydrogen-bond acceptors (Lipinski definition) is 2. The highest BCUT2D eigenvalue weighted by Gasteiger charge is 2.25. The fourth-order valence-corrected chi connectivity index (χ4v) is 3.07. The standard InChI is InChI=1S/C16H17ClN2O/c17-10-12-4-3-9-19(11-12)16(20)15-14-6-2-1-5-13(14)7-8-18-15/h1-2,5-8,12H,3-4,9-11H2. The maximum absolute atomic E-state index is 12.7. The Morgan fingerprint density at radius 2 is 2.20 bits per heavy atom. The molecule has 0 bridgehead atoms. The number of nitrogens with zero attached hydrogens (tertiary/aromatic N) is 2. The molecule has 1 aliphatic rings. The van der Waals surface area contributed by atoms with Crippen LogP contribution in [0, 0.1) is 5.92 Å². The van der Waals surface area contributed by atoms with Crippen LogP contribution >= 0.6 is 11.6 Å². The maximum atomic E-state index is 12.7. The average Bonchev–Trinajstić information content (AvgIpc) is 2.53. The molecule has 0 N–H and O–H groups in total. The number of aromatic nitrogens is 1. The van der Waals surface area contributed by atoms with Gasteiger partial charge in [-0.05, 0) is 30.2 Å². The van der Waals surface area contributed by atoms with Crippen molar-refractivity contribution in [3.8, 4) is 0 Å². The largest absolute Gasteiger partial charge is 0.337 e. The van der Waals surface area contributed by atoms with E-state index in [9.17, 15) is 4.79 Å². The van der Waals surface area contributed by atoms with Crippen molar-refractivity contribution in [3.63, 3.8) is 0 Å². The minimum Gasteiger partial charge on any atom is -0.337 e. The van der Waals surface area contributed by atoms with Crippen LogP contribution in [0.4, 0.5) is 0 Å². The van der Waals surface area contributed by atoms with Crippen molar-refractivity contribution in [2.45, 2.75) is 12.8 Å². The molecule has 2 heterocycles. The molecule has 1 aromatic carbocycles. The number of fused-ring (bicyclic) bond motifs is 1. The van der Waals surface area contributed by atoms with Gasteiger partial charge in [0.2, 0.25) is 0 Å². The number of pyridine rings is 1. The topological polar surface area (TPSA) is 33.2 Å². The fraction of sp³-hybridized carbons (Fsp3) is 0.375. The molecular weight excluding hydrogens is 272 g/mol. The Labute approximate surface area is 123 Å². The van der Waals surface area contributed by atoms with Crippen LogP contribution in [0.1, 0.15) is 23.3 Å². The smallest absolute Gasteiger partial charge is 0.273 e. The van der Waals surface area contributed by atoms with E-state index in [1.165, 1.54) is 0 Å². The van der Waals surface area contributed by atoms with E-state index >= 15 is 0 Å². The van der Waals surface area contributed by atoms with Gasteiger partial charge in [-0.1, -0.05) is 24.3 Å². The Bertz CT molecular complexity index is 623. The van der Waals surface area contributed by atoms with E-state index in [1.54, 1.807) is 6.20 Å². The molecule has 1 saturated heterocycles. The molecule has 1 unspecified atom stereocenters. The Kier molecular flexibility index (Phi) is 3.88. The van der Waals surface area contributed by atoms with Crippen molar-refractivity contribution in [2.75, 3.05) is 19.0 Å². The number of rotatable bonds is 2. The van der Waals surface area contributed by atoms with Crippen LogP contribution in [0.3, 0.4) is 0 Å². The molecule has 3 rings (SSSR count). The van der Waals surface area contributed by atoms with Crippen LogP contribution in [0.2, 0.25) is 0 Å². The van der Waals surface area contributed by atoms with Crippen molar-refractivity contribution in [1.29, 1.82) is 0 Å². The highest BCUT2D eigenvalue weighted by Crippen LogP contribution is 2.22. The highest BCUT2D eigenvalue weighted by atomic mass is 35.5. The van der Waals surface area contributed by atoms with Crippen LogP contribution in [-0.4, -0.2) is 34.8 Å². The first-order valence-corrected chi connectivity index (χ1v) is 7.52. The second kappa shape index (κ2) is 5.80. The minimum atomic E-state index is 0.0246. The summed E-state index contributed by atoms with van der Waals surface area (Å²) >= 11 is 5.94. The van der Waals surface area contributed by atoms with Gasteiger partial charge in [0.05, 0.1) is 0 Å². The number of alkyl halides is 1. The lowest BCUT2D eigenvalue weighted by atomic mass is 9.99. The quantitative estimate of drug-likeness (QED) is 0.794. The molecule has 3 nitrogen and oxygen atoms in total. The summed E-state index contributed by atoms with van der Waals surface area (Å²) in [6, 6.07) is 9.81. The predicted octanol–water partition coefficient (Wildman–Crippen LogP) is 3.33. The van der Waals surface area contributed by atoms with Crippen LogP contribution in [0.15, 0.2) is 36.5 Å². The van der Waals surface area contributed by atoms with Crippen molar-refractivity contribution >= 4 is 28.3 Å². The van der Waals surface area contributed by atoms with E-state index < -0.39 is 0 Å². The number of likely N-dealkylation sites (tertiary alicyclic amines) is 1. The Hall–Kier alpha value is -1.61. The number of carbonyl (C=O) groups excluding carboxylic acids is 1. The van der Waals surface area contributed by atoms with Gasteiger partial charge in [-0.15, -0.1) is 11.6 Å². The monoisotopic (exact) mass is 288 g/mol. The average molecular weight is 289 g/mol. The van der Waals surface area contributed by atoms with Crippen LogP contribution in [-0.2, 0) is 0 Å².